The van der Waals surface area contributed by atoms with Crippen LogP contribution >= 0.6 is 22.9 Å². The number of ether oxygens (including phenoxy) is 2. The lowest BCUT2D eigenvalue weighted by Crippen LogP contribution is -2.20. The molecule has 0 fully saturated rings. The molecule has 0 atom stereocenters. The largest absolute Gasteiger partial charge is 0.486 e. The number of carbonyl (C=O) groups is 1. The molecule has 1 aliphatic rings. The maximum Gasteiger partial charge on any atom is 0.323 e. The molecule has 3 aromatic rings. The van der Waals surface area contributed by atoms with E-state index < -0.39 is 6.03 Å². The number of hydrogen-bond acceptors (Lipinski definition) is 6. The van der Waals surface area contributed by atoms with Crippen LogP contribution in [0, 0.1) is 0 Å². The van der Waals surface area contributed by atoms with Crippen molar-refractivity contribution < 1.29 is 14.3 Å². The Labute approximate surface area is 151 Å². The van der Waals surface area contributed by atoms with Gasteiger partial charge in [0.2, 0.25) is 0 Å². The van der Waals surface area contributed by atoms with Gasteiger partial charge in [-0.15, -0.1) is 11.3 Å². The van der Waals surface area contributed by atoms with Crippen molar-refractivity contribution in [3.05, 3.63) is 34.9 Å². The average Bonchev–Trinajstić information content (AvgIpc) is 3.26. The van der Waals surface area contributed by atoms with Gasteiger partial charge in [-0.3, -0.25) is 5.10 Å². The molecule has 0 saturated carbocycles. The lowest BCUT2D eigenvalue weighted by atomic mass is 10.2. The van der Waals surface area contributed by atoms with E-state index in [-0.39, 0.29) is 0 Å². The fraction of sp³-hybridized carbons (Fsp3) is 0.133. The average molecular weight is 378 g/mol. The van der Waals surface area contributed by atoms with Gasteiger partial charge in [-0.25, -0.2) is 9.78 Å². The second-order valence-corrected chi connectivity index (χ2v) is 6.35. The van der Waals surface area contributed by atoms with Gasteiger partial charge in [0, 0.05) is 23.7 Å². The van der Waals surface area contributed by atoms with Crippen molar-refractivity contribution in [3.63, 3.8) is 0 Å². The van der Waals surface area contributed by atoms with E-state index in [0.29, 0.717) is 46.8 Å². The molecule has 0 saturated heterocycles. The summed E-state index contributed by atoms with van der Waals surface area (Å²) >= 11 is 7.63. The molecule has 4 rings (SSSR count). The zero-order chi connectivity index (χ0) is 17.2. The molecular weight excluding hydrogens is 366 g/mol. The Morgan fingerprint density at radius 3 is 2.72 bits per heavy atom. The van der Waals surface area contributed by atoms with Gasteiger partial charge in [0.25, 0.3) is 0 Å². The van der Waals surface area contributed by atoms with E-state index in [1.807, 2.05) is 5.38 Å². The molecule has 0 unspecified atom stereocenters. The van der Waals surface area contributed by atoms with E-state index in [2.05, 4.69) is 25.8 Å². The number of halogens is 1. The second kappa shape index (κ2) is 6.61. The summed E-state index contributed by atoms with van der Waals surface area (Å²) in [7, 11) is 0. The molecule has 0 radical (unpaired) electrons. The maximum atomic E-state index is 12.3. The van der Waals surface area contributed by atoms with Gasteiger partial charge in [-0.05, 0) is 0 Å². The highest BCUT2D eigenvalue weighted by molar-refractivity contribution is 7.13. The van der Waals surface area contributed by atoms with E-state index >= 15 is 0 Å². The Bertz CT molecular complexity index is 912. The van der Waals surface area contributed by atoms with E-state index in [1.54, 1.807) is 18.3 Å². The highest BCUT2D eigenvalue weighted by Gasteiger charge is 2.17. The normalized spacial score (nSPS) is 12.7. The molecule has 0 spiro atoms. The highest BCUT2D eigenvalue weighted by Crippen LogP contribution is 2.38. The van der Waals surface area contributed by atoms with Crippen LogP contribution in [-0.2, 0) is 0 Å². The Kier molecular flexibility index (Phi) is 4.16. The molecule has 3 heterocycles. The van der Waals surface area contributed by atoms with Crippen molar-refractivity contribution in [2.24, 2.45) is 0 Å². The zero-order valence-electron chi connectivity index (χ0n) is 12.7. The van der Waals surface area contributed by atoms with Crippen LogP contribution in [0.25, 0.3) is 10.7 Å². The van der Waals surface area contributed by atoms with Gasteiger partial charge < -0.3 is 20.1 Å². The number of anilines is 2. The zero-order valence-corrected chi connectivity index (χ0v) is 14.3. The van der Waals surface area contributed by atoms with Crippen molar-refractivity contribution in [1.82, 2.24) is 15.2 Å². The van der Waals surface area contributed by atoms with Crippen LogP contribution in [0.1, 0.15) is 0 Å². The number of aromatic amines is 1. The van der Waals surface area contributed by atoms with Gasteiger partial charge >= 0.3 is 6.03 Å². The minimum atomic E-state index is -0.460. The third-order valence-corrected chi connectivity index (χ3v) is 4.52. The minimum Gasteiger partial charge on any atom is -0.486 e. The Morgan fingerprint density at radius 1 is 1.20 bits per heavy atom. The summed E-state index contributed by atoms with van der Waals surface area (Å²) < 4.78 is 10.9. The molecule has 25 heavy (non-hydrogen) atoms. The molecular formula is C15H12ClN5O3S. The lowest BCUT2D eigenvalue weighted by molar-refractivity contribution is 0.171. The van der Waals surface area contributed by atoms with E-state index in [4.69, 9.17) is 21.1 Å². The number of nitrogens with one attached hydrogen (secondary N) is 3. The summed E-state index contributed by atoms with van der Waals surface area (Å²) in [5.74, 6) is 1.10. The number of nitrogens with zero attached hydrogens (tertiary/aromatic N) is 2. The van der Waals surface area contributed by atoms with Gasteiger partial charge in [-0.1, -0.05) is 11.6 Å². The number of aromatic nitrogens is 3. The number of amides is 2. The third-order valence-electron chi connectivity index (χ3n) is 3.41. The summed E-state index contributed by atoms with van der Waals surface area (Å²) in [6.45, 7) is 0.920. The summed E-state index contributed by atoms with van der Waals surface area (Å²) in [6.07, 6.45) is 3.20. The van der Waals surface area contributed by atoms with Crippen molar-refractivity contribution in [2.75, 3.05) is 23.8 Å². The molecule has 128 valence electrons. The molecule has 8 nitrogen and oxygen atoms in total. The standard InChI is InChI=1S/C15H12ClN5O3S/c16-8-5-11-12(24-3-2-23-11)6-9(8)19-15(22)20-10-7-18-21-13(10)14-17-1-4-25-14/h1,4-7H,2-3H2,(H,18,21)(H2,19,20,22). The Hall–Kier alpha value is -2.78. The van der Waals surface area contributed by atoms with Crippen molar-refractivity contribution in [3.8, 4) is 22.2 Å². The van der Waals surface area contributed by atoms with Crippen LogP contribution in [-0.4, -0.2) is 34.4 Å². The predicted octanol–water partition coefficient (Wildman–Crippen LogP) is 3.60. The van der Waals surface area contributed by atoms with Crippen LogP contribution in [0.4, 0.5) is 16.2 Å². The van der Waals surface area contributed by atoms with E-state index in [9.17, 15) is 4.79 Å². The van der Waals surface area contributed by atoms with Gasteiger partial charge in [-0.2, -0.15) is 5.10 Å². The van der Waals surface area contributed by atoms with Gasteiger partial charge in [0.15, 0.2) is 11.5 Å². The molecule has 3 N–H and O–H groups in total. The molecule has 1 aliphatic heterocycles. The maximum absolute atomic E-state index is 12.3. The molecule has 0 bridgehead atoms. The molecule has 0 aliphatic carbocycles. The number of benzene rings is 1. The van der Waals surface area contributed by atoms with E-state index in [1.165, 1.54) is 17.5 Å². The Balaban J connectivity index is 1.51. The fourth-order valence-corrected chi connectivity index (χ4v) is 3.17. The lowest BCUT2D eigenvalue weighted by Gasteiger charge is -2.20. The molecule has 2 amide bonds. The highest BCUT2D eigenvalue weighted by atomic mass is 35.5. The second-order valence-electron chi connectivity index (χ2n) is 5.05. The number of thiazole rings is 1. The predicted molar refractivity (Wildman–Crippen MR) is 94.8 cm³/mol. The summed E-state index contributed by atoms with van der Waals surface area (Å²) in [5, 5.41) is 15.1. The summed E-state index contributed by atoms with van der Waals surface area (Å²) in [5.41, 5.74) is 1.57. The van der Waals surface area contributed by atoms with Gasteiger partial charge in [0.05, 0.1) is 22.6 Å². The number of urea groups is 1. The monoisotopic (exact) mass is 377 g/mol. The number of hydrogen-bond donors (Lipinski definition) is 3. The van der Waals surface area contributed by atoms with Crippen molar-refractivity contribution >= 4 is 40.3 Å². The summed E-state index contributed by atoms with van der Waals surface area (Å²) in [4.78, 5) is 16.5. The van der Waals surface area contributed by atoms with Crippen LogP contribution in [0.3, 0.4) is 0 Å². The molecule has 1 aromatic carbocycles. The smallest absolute Gasteiger partial charge is 0.323 e. The first-order chi connectivity index (χ1) is 12.2. The number of fused-ring (bicyclic) bond motifs is 1. The first-order valence-electron chi connectivity index (χ1n) is 7.31. The first kappa shape index (κ1) is 15.7. The minimum absolute atomic E-state index is 0.353. The topological polar surface area (TPSA) is 101 Å². The number of rotatable bonds is 3. The Morgan fingerprint density at radius 2 is 1.96 bits per heavy atom. The van der Waals surface area contributed by atoms with Crippen molar-refractivity contribution in [2.45, 2.75) is 0 Å². The SMILES string of the molecule is O=C(Nc1cc2c(cc1Cl)OCCO2)Nc1cn[nH]c1-c1nccs1. The third kappa shape index (κ3) is 3.24. The van der Waals surface area contributed by atoms with Crippen LogP contribution in [0.15, 0.2) is 29.9 Å². The molecule has 2 aromatic heterocycles. The van der Waals surface area contributed by atoms with Crippen LogP contribution in [0.2, 0.25) is 5.02 Å². The van der Waals surface area contributed by atoms with Gasteiger partial charge in [0.1, 0.15) is 23.9 Å². The summed E-state index contributed by atoms with van der Waals surface area (Å²) in [6, 6.07) is 2.79. The van der Waals surface area contributed by atoms with Crippen LogP contribution in [0.5, 0.6) is 11.5 Å². The quantitative estimate of drug-likeness (QED) is 0.647. The van der Waals surface area contributed by atoms with E-state index in [0.717, 1.165) is 5.01 Å². The molecule has 10 heteroatoms. The number of H-pyrrole nitrogens is 1. The van der Waals surface area contributed by atoms with Crippen molar-refractivity contribution in [1.29, 1.82) is 0 Å². The number of carbonyl (C=O) groups excluding carboxylic acids is 1. The first-order valence-corrected chi connectivity index (χ1v) is 8.57. The fourth-order valence-electron chi connectivity index (χ4n) is 2.33. The van der Waals surface area contributed by atoms with Crippen LogP contribution < -0.4 is 20.1 Å².